The van der Waals surface area contributed by atoms with Gasteiger partial charge in [-0.1, -0.05) is 6.92 Å². The van der Waals surface area contributed by atoms with Gasteiger partial charge in [-0.3, -0.25) is 14.5 Å². The highest BCUT2D eigenvalue weighted by Crippen LogP contribution is 2.78. The van der Waals surface area contributed by atoms with Crippen molar-refractivity contribution in [1.82, 2.24) is 4.90 Å². The number of carbonyl (C=O) groups excluding carboxylic acids is 2. The van der Waals surface area contributed by atoms with Crippen molar-refractivity contribution < 1.29 is 28.5 Å². The Morgan fingerprint density at radius 1 is 1.00 bits per heavy atom. The second kappa shape index (κ2) is 7.41. The van der Waals surface area contributed by atoms with Gasteiger partial charge in [0.05, 0.1) is 12.2 Å². The van der Waals surface area contributed by atoms with E-state index in [0.29, 0.717) is 30.2 Å². The van der Waals surface area contributed by atoms with Crippen molar-refractivity contribution in [2.75, 3.05) is 27.3 Å². The lowest BCUT2D eigenvalue weighted by atomic mass is 9.46. The van der Waals surface area contributed by atoms with Gasteiger partial charge in [0.15, 0.2) is 0 Å². The van der Waals surface area contributed by atoms with Crippen LogP contribution >= 0.6 is 0 Å². The molecule has 1 saturated heterocycles. The first-order chi connectivity index (χ1) is 15.8. The van der Waals surface area contributed by atoms with Gasteiger partial charge < -0.3 is 18.9 Å². The van der Waals surface area contributed by atoms with Crippen molar-refractivity contribution in [1.29, 1.82) is 0 Å². The summed E-state index contributed by atoms with van der Waals surface area (Å²) in [6.07, 6.45) is 4.87. The summed E-state index contributed by atoms with van der Waals surface area (Å²) in [4.78, 5) is 27.6. The predicted molar refractivity (Wildman–Crippen MR) is 119 cm³/mol. The molecule has 6 aliphatic rings. The Balaban J connectivity index is 1.59. The average Bonchev–Trinajstić information content (AvgIpc) is 3.18. The van der Waals surface area contributed by atoms with Crippen LogP contribution in [0.2, 0.25) is 0 Å². The minimum atomic E-state index is -0.655. The first-order valence-electron chi connectivity index (χ1n) is 13.0. The van der Waals surface area contributed by atoms with Crippen LogP contribution in [0.4, 0.5) is 0 Å². The van der Waals surface area contributed by atoms with Gasteiger partial charge in [0, 0.05) is 70.2 Å². The maximum absolute atomic E-state index is 12.7. The molecule has 0 N–H and O–H groups in total. The molecule has 7 nitrogen and oxygen atoms in total. The van der Waals surface area contributed by atoms with Crippen molar-refractivity contribution in [3.8, 4) is 0 Å². The Bertz CT molecular complexity index is 849. The summed E-state index contributed by atoms with van der Waals surface area (Å²) in [6.45, 7) is 7.44. The number of piperidine rings is 1. The van der Waals surface area contributed by atoms with E-state index < -0.39 is 5.60 Å². The number of methoxy groups -OCH3 is 2. The molecule has 5 saturated carbocycles. The van der Waals surface area contributed by atoms with Gasteiger partial charge in [-0.25, -0.2) is 0 Å². The summed E-state index contributed by atoms with van der Waals surface area (Å²) in [7, 11) is 3.64. The molecule has 0 aromatic heterocycles. The third-order valence-electron chi connectivity index (χ3n) is 11.0. The highest BCUT2D eigenvalue weighted by molar-refractivity contribution is 5.67. The lowest BCUT2D eigenvalue weighted by molar-refractivity contribution is -0.267. The van der Waals surface area contributed by atoms with E-state index in [1.54, 1.807) is 7.11 Å². The molecule has 1 spiro atoms. The van der Waals surface area contributed by atoms with Gasteiger partial charge in [-0.2, -0.15) is 0 Å². The van der Waals surface area contributed by atoms with E-state index >= 15 is 0 Å². The van der Waals surface area contributed by atoms with Gasteiger partial charge in [0.1, 0.15) is 11.7 Å². The zero-order chi connectivity index (χ0) is 23.3. The van der Waals surface area contributed by atoms with Crippen LogP contribution in [0, 0.1) is 40.9 Å². The highest BCUT2D eigenvalue weighted by atomic mass is 16.6. The average molecular weight is 462 g/mol. The van der Waals surface area contributed by atoms with E-state index in [9.17, 15) is 9.59 Å². The highest BCUT2D eigenvalue weighted by Gasteiger charge is 2.83. The fourth-order valence-corrected chi connectivity index (χ4v) is 10.7. The number of esters is 2. The number of likely N-dealkylation sites (tertiary alicyclic amines) is 1. The number of ether oxygens (including phenoxy) is 4. The zero-order valence-electron chi connectivity index (χ0n) is 20.6. The predicted octanol–water partition coefficient (Wildman–Crippen LogP) is 2.66. The van der Waals surface area contributed by atoms with E-state index in [0.717, 1.165) is 32.4 Å². The molecule has 7 bridgehead atoms. The van der Waals surface area contributed by atoms with E-state index in [1.165, 1.54) is 20.3 Å². The Morgan fingerprint density at radius 3 is 2.42 bits per heavy atom. The molecule has 0 unspecified atom stereocenters. The maximum atomic E-state index is 12.7. The SMILES string of the molecule is CCN1C[C@@H]2CC[C@H](OC)[C@@]34[C@@H]2C[C@@H]([C@@H]13)[C@@]1(OC(C)=O)C[C@H](OC)[C@H]2C[C@@H]4[C@@H]1[C@H]2OC(C)=O. The van der Waals surface area contributed by atoms with Crippen molar-refractivity contribution >= 4 is 11.9 Å². The van der Waals surface area contributed by atoms with Gasteiger partial charge in [-0.15, -0.1) is 0 Å². The van der Waals surface area contributed by atoms with Gasteiger partial charge in [0.2, 0.25) is 0 Å². The summed E-state index contributed by atoms with van der Waals surface area (Å²) >= 11 is 0. The molecule has 0 amide bonds. The summed E-state index contributed by atoms with van der Waals surface area (Å²) in [5.74, 6) is 1.41. The number of nitrogens with zero attached hydrogens (tertiary/aromatic N) is 1. The van der Waals surface area contributed by atoms with Gasteiger partial charge in [0.25, 0.3) is 0 Å². The van der Waals surface area contributed by atoms with Crippen molar-refractivity contribution in [2.45, 2.75) is 82.8 Å². The molecular formula is C26H39NO6. The smallest absolute Gasteiger partial charge is 0.303 e. The Morgan fingerprint density at radius 2 is 1.79 bits per heavy atom. The lowest BCUT2D eigenvalue weighted by Crippen LogP contribution is -2.75. The standard InChI is InChI=1S/C26H39NO6/c1-6-27-12-15-7-8-21(31-5)26-17(15)10-19(24(26)27)25(33-14(3)29)11-20(30-4)16-9-18(26)22(25)23(16)32-13(2)28/h15-24H,6-12H2,1-5H3/t15-,16+,17+,18+,19-,20-,21-,22+,23-,24+,25-,26-/m0/s1. The summed E-state index contributed by atoms with van der Waals surface area (Å²) in [6, 6.07) is 0.335. The second-order valence-corrected chi connectivity index (χ2v) is 11.7. The van der Waals surface area contributed by atoms with Crippen LogP contribution in [0.5, 0.6) is 0 Å². The van der Waals surface area contributed by atoms with Crippen LogP contribution in [-0.4, -0.2) is 74.1 Å². The van der Waals surface area contributed by atoms with Crippen LogP contribution < -0.4 is 0 Å². The Hall–Kier alpha value is -1.18. The quantitative estimate of drug-likeness (QED) is 0.583. The molecule has 7 heteroatoms. The Kier molecular flexibility index (Phi) is 5.01. The van der Waals surface area contributed by atoms with Crippen molar-refractivity contribution in [3.63, 3.8) is 0 Å². The van der Waals surface area contributed by atoms with E-state index in [1.807, 2.05) is 7.11 Å². The fraction of sp³-hybridized carbons (Fsp3) is 0.923. The molecule has 6 fully saturated rings. The number of carbonyl (C=O) groups is 2. The maximum Gasteiger partial charge on any atom is 0.303 e. The van der Waals surface area contributed by atoms with Crippen LogP contribution in [0.3, 0.4) is 0 Å². The van der Waals surface area contributed by atoms with Crippen LogP contribution in [0.15, 0.2) is 0 Å². The van der Waals surface area contributed by atoms with Crippen molar-refractivity contribution in [2.24, 2.45) is 40.9 Å². The molecule has 12 atom stereocenters. The van der Waals surface area contributed by atoms with Gasteiger partial charge >= 0.3 is 11.9 Å². The second-order valence-electron chi connectivity index (χ2n) is 11.7. The van der Waals surface area contributed by atoms with Crippen LogP contribution in [0.25, 0.3) is 0 Å². The molecule has 0 aromatic carbocycles. The van der Waals surface area contributed by atoms with Gasteiger partial charge in [-0.05, 0) is 50.0 Å². The molecule has 0 radical (unpaired) electrons. The van der Waals surface area contributed by atoms with Crippen molar-refractivity contribution in [3.05, 3.63) is 0 Å². The number of rotatable bonds is 5. The molecule has 184 valence electrons. The normalized spacial score (nSPS) is 53.6. The molecule has 1 aliphatic heterocycles. The number of fused-ring (bicyclic) bond motifs is 2. The fourth-order valence-electron chi connectivity index (χ4n) is 10.7. The lowest BCUT2D eigenvalue weighted by Gasteiger charge is -2.67. The third-order valence-corrected chi connectivity index (χ3v) is 11.0. The molecule has 6 rings (SSSR count). The first kappa shape index (κ1) is 22.3. The largest absolute Gasteiger partial charge is 0.462 e. The number of hydrogen-bond acceptors (Lipinski definition) is 7. The molecule has 5 aliphatic carbocycles. The minimum Gasteiger partial charge on any atom is -0.462 e. The topological polar surface area (TPSA) is 74.3 Å². The monoisotopic (exact) mass is 461 g/mol. The van der Waals surface area contributed by atoms with Crippen LogP contribution in [-0.2, 0) is 28.5 Å². The van der Waals surface area contributed by atoms with E-state index in [-0.39, 0.29) is 53.4 Å². The molecular weight excluding hydrogens is 422 g/mol. The summed E-state index contributed by atoms with van der Waals surface area (Å²) in [5.41, 5.74) is -0.626. The number of hydrogen-bond donors (Lipinski definition) is 0. The third kappa shape index (κ3) is 2.57. The first-order valence-corrected chi connectivity index (χ1v) is 13.0. The van der Waals surface area contributed by atoms with Crippen LogP contribution in [0.1, 0.15) is 52.9 Å². The Labute approximate surface area is 196 Å². The molecule has 1 heterocycles. The summed E-state index contributed by atoms with van der Waals surface area (Å²) < 4.78 is 25.0. The molecule has 0 aromatic rings. The van der Waals surface area contributed by atoms with E-state index in [4.69, 9.17) is 18.9 Å². The zero-order valence-corrected chi connectivity index (χ0v) is 20.6. The minimum absolute atomic E-state index is 0.0150. The molecule has 33 heavy (non-hydrogen) atoms. The summed E-state index contributed by atoms with van der Waals surface area (Å²) in [5, 5.41) is 0. The van der Waals surface area contributed by atoms with E-state index in [2.05, 4.69) is 11.8 Å².